The minimum absolute atomic E-state index is 0.0326. The summed E-state index contributed by atoms with van der Waals surface area (Å²) in [6.07, 6.45) is 2.46. The van der Waals surface area contributed by atoms with Gasteiger partial charge >= 0.3 is 5.69 Å². The quantitative estimate of drug-likeness (QED) is 0.622. The lowest BCUT2D eigenvalue weighted by Crippen LogP contribution is -2.30. The van der Waals surface area contributed by atoms with Crippen LogP contribution in [0.5, 0.6) is 5.75 Å². The second-order valence-corrected chi connectivity index (χ2v) is 4.75. The van der Waals surface area contributed by atoms with Gasteiger partial charge in [-0.15, -0.1) is 0 Å². The van der Waals surface area contributed by atoms with Crippen LogP contribution in [0.1, 0.15) is 18.5 Å². The van der Waals surface area contributed by atoms with Crippen molar-refractivity contribution in [1.29, 1.82) is 0 Å². The number of nitro groups is 1. The molecule has 0 bridgehead atoms. The number of hydrogen-bond acceptors (Lipinski definition) is 6. The van der Waals surface area contributed by atoms with Gasteiger partial charge in [0, 0.05) is 5.56 Å². The lowest BCUT2D eigenvalue weighted by Gasteiger charge is -2.26. The maximum absolute atomic E-state index is 10.7. The molecular weight excluding hydrogens is 272 g/mol. The zero-order valence-corrected chi connectivity index (χ0v) is 11.5. The molecule has 3 rings (SSSR count). The molecular formula is C14H14N4O3. The zero-order valence-electron chi connectivity index (χ0n) is 11.5. The molecule has 7 heteroatoms. The third-order valence-electron chi connectivity index (χ3n) is 3.52. The smallest absolute Gasteiger partial charge is 0.305 e. The number of aromatic nitrogens is 2. The van der Waals surface area contributed by atoms with Crippen molar-refractivity contribution in [3.63, 3.8) is 0 Å². The fraction of sp³-hybridized carbons (Fsp3) is 0.286. The minimum atomic E-state index is -0.506. The molecule has 1 aliphatic rings. The van der Waals surface area contributed by atoms with Gasteiger partial charge in [0.15, 0.2) is 0 Å². The van der Waals surface area contributed by atoms with Crippen LogP contribution in [0.15, 0.2) is 36.7 Å². The molecule has 0 fully saturated rings. The predicted molar refractivity (Wildman–Crippen MR) is 76.4 cm³/mol. The Labute approximate surface area is 121 Å². The monoisotopic (exact) mass is 286 g/mol. The van der Waals surface area contributed by atoms with Crippen molar-refractivity contribution in [2.45, 2.75) is 13.0 Å². The Kier molecular flexibility index (Phi) is 3.39. The molecule has 1 aromatic heterocycles. The van der Waals surface area contributed by atoms with Gasteiger partial charge < -0.3 is 9.64 Å². The van der Waals surface area contributed by atoms with Crippen molar-refractivity contribution in [3.8, 4) is 5.75 Å². The van der Waals surface area contributed by atoms with Gasteiger partial charge in [0.05, 0.1) is 17.5 Å². The van der Waals surface area contributed by atoms with Gasteiger partial charge in [-0.3, -0.25) is 10.1 Å². The molecule has 1 atom stereocenters. The fourth-order valence-electron chi connectivity index (χ4n) is 2.40. The summed E-state index contributed by atoms with van der Waals surface area (Å²) in [5, 5.41) is 10.7. The van der Waals surface area contributed by atoms with Crippen molar-refractivity contribution in [1.82, 2.24) is 9.97 Å². The lowest BCUT2D eigenvalue weighted by molar-refractivity contribution is -0.385. The molecule has 0 saturated heterocycles. The van der Waals surface area contributed by atoms with Crippen molar-refractivity contribution in [3.05, 3.63) is 52.3 Å². The van der Waals surface area contributed by atoms with Crippen LogP contribution in [0.4, 0.5) is 11.6 Å². The van der Waals surface area contributed by atoms with Crippen LogP contribution in [-0.4, -0.2) is 28.0 Å². The molecule has 2 heterocycles. The van der Waals surface area contributed by atoms with E-state index in [0.717, 1.165) is 11.3 Å². The van der Waals surface area contributed by atoms with E-state index >= 15 is 0 Å². The molecule has 0 saturated carbocycles. The van der Waals surface area contributed by atoms with E-state index in [4.69, 9.17) is 4.74 Å². The first-order chi connectivity index (χ1) is 10.2. The van der Waals surface area contributed by atoms with E-state index in [2.05, 4.69) is 9.97 Å². The number of benzene rings is 1. The van der Waals surface area contributed by atoms with Crippen LogP contribution in [0.2, 0.25) is 0 Å². The second-order valence-electron chi connectivity index (χ2n) is 4.75. The average Bonchev–Trinajstić information content (AvgIpc) is 2.67. The third-order valence-corrected chi connectivity index (χ3v) is 3.52. The Balaban J connectivity index is 1.93. The van der Waals surface area contributed by atoms with E-state index in [-0.39, 0.29) is 11.7 Å². The summed E-state index contributed by atoms with van der Waals surface area (Å²) in [6, 6.07) is 7.86. The number of rotatable bonds is 2. The summed E-state index contributed by atoms with van der Waals surface area (Å²) in [6.45, 7) is 3.17. The van der Waals surface area contributed by atoms with E-state index in [9.17, 15) is 10.1 Å². The Morgan fingerprint density at radius 3 is 2.76 bits per heavy atom. The summed E-state index contributed by atoms with van der Waals surface area (Å²) >= 11 is 0. The predicted octanol–water partition coefficient (Wildman–Crippen LogP) is 2.34. The highest BCUT2D eigenvalue weighted by molar-refractivity contribution is 5.44. The SMILES string of the molecule is CC1c2ccccc2OCCN1c1ncc([N+](=O)[O-])cn1. The number of fused-ring (bicyclic) bond motifs is 1. The molecule has 21 heavy (non-hydrogen) atoms. The van der Waals surface area contributed by atoms with Gasteiger partial charge in [-0.2, -0.15) is 0 Å². The molecule has 0 radical (unpaired) electrons. The zero-order chi connectivity index (χ0) is 14.8. The second kappa shape index (κ2) is 5.35. The first kappa shape index (κ1) is 13.3. The van der Waals surface area contributed by atoms with E-state index < -0.39 is 4.92 Å². The third kappa shape index (κ3) is 2.49. The summed E-state index contributed by atoms with van der Waals surface area (Å²) in [5.74, 6) is 1.32. The average molecular weight is 286 g/mol. The van der Waals surface area contributed by atoms with Crippen molar-refractivity contribution >= 4 is 11.6 Å². The topological polar surface area (TPSA) is 81.4 Å². The standard InChI is InChI=1S/C14H14N4O3/c1-10-12-4-2-3-5-13(12)21-7-6-17(10)14-15-8-11(9-16-14)18(19)20/h2-5,8-10H,6-7H2,1H3. The molecule has 0 amide bonds. The largest absolute Gasteiger partial charge is 0.491 e. The van der Waals surface area contributed by atoms with Gasteiger partial charge in [0.25, 0.3) is 0 Å². The molecule has 1 unspecified atom stereocenters. The highest BCUT2D eigenvalue weighted by Gasteiger charge is 2.25. The van der Waals surface area contributed by atoms with Crippen molar-refractivity contribution < 1.29 is 9.66 Å². The van der Waals surface area contributed by atoms with Gasteiger partial charge in [-0.05, 0) is 13.0 Å². The molecule has 1 aromatic carbocycles. The van der Waals surface area contributed by atoms with Crippen LogP contribution >= 0.6 is 0 Å². The Morgan fingerprint density at radius 1 is 1.33 bits per heavy atom. The van der Waals surface area contributed by atoms with E-state index in [1.807, 2.05) is 36.1 Å². The number of anilines is 1. The summed E-state index contributed by atoms with van der Waals surface area (Å²) in [7, 11) is 0. The maximum Gasteiger partial charge on any atom is 0.305 e. The van der Waals surface area contributed by atoms with Gasteiger partial charge in [0.1, 0.15) is 24.8 Å². The maximum atomic E-state index is 10.7. The van der Waals surface area contributed by atoms with Crippen LogP contribution in [0.3, 0.4) is 0 Å². The molecule has 0 spiro atoms. The summed E-state index contributed by atoms with van der Waals surface area (Å²) < 4.78 is 5.73. The minimum Gasteiger partial charge on any atom is -0.491 e. The van der Waals surface area contributed by atoms with E-state index in [0.29, 0.717) is 19.1 Å². The molecule has 0 aliphatic carbocycles. The number of ether oxygens (including phenoxy) is 1. The van der Waals surface area contributed by atoms with Crippen molar-refractivity contribution in [2.24, 2.45) is 0 Å². The highest BCUT2D eigenvalue weighted by atomic mass is 16.6. The van der Waals surface area contributed by atoms with Crippen LogP contribution in [0.25, 0.3) is 0 Å². The number of nitrogens with zero attached hydrogens (tertiary/aromatic N) is 4. The Morgan fingerprint density at radius 2 is 2.05 bits per heavy atom. The number of para-hydroxylation sites is 1. The normalized spacial score (nSPS) is 17.6. The molecule has 2 aromatic rings. The number of hydrogen-bond donors (Lipinski definition) is 0. The lowest BCUT2D eigenvalue weighted by atomic mass is 10.1. The molecule has 0 N–H and O–H groups in total. The van der Waals surface area contributed by atoms with Gasteiger partial charge in [0.2, 0.25) is 5.95 Å². The van der Waals surface area contributed by atoms with E-state index in [1.54, 1.807) is 0 Å². The van der Waals surface area contributed by atoms with Crippen LogP contribution in [0, 0.1) is 10.1 Å². The molecule has 1 aliphatic heterocycles. The van der Waals surface area contributed by atoms with Crippen LogP contribution < -0.4 is 9.64 Å². The molecule has 7 nitrogen and oxygen atoms in total. The Hall–Kier alpha value is -2.70. The summed E-state index contributed by atoms with van der Waals surface area (Å²) in [5.41, 5.74) is 0.940. The fourth-order valence-corrected chi connectivity index (χ4v) is 2.40. The van der Waals surface area contributed by atoms with Crippen LogP contribution in [-0.2, 0) is 0 Å². The molecule has 108 valence electrons. The summed E-state index contributed by atoms with van der Waals surface area (Å²) in [4.78, 5) is 20.4. The van der Waals surface area contributed by atoms with Crippen molar-refractivity contribution in [2.75, 3.05) is 18.1 Å². The van der Waals surface area contributed by atoms with Gasteiger partial charge in [-0.1, -0.05) is 18.2 Å². The Bertz CT molecular complexity index is 660. The van der Waals surface area contributed by atoms with E-state index in [1.165, 1.54) is 12.4 Å². The highest BCUT2D eigenvalue weighted by Crippen LogP contribution is 2.33. The van der Waals surface area contributed by atoms with Gasteiger partial charge in [-0.25, -0.2) is 9.97 Å². The first-order valence-electron chi connectivity index (χ1n) is 6.61. The first-order valence-corrected chi connectivity index (χ1v) is 6.61.